The molecule has 0 aliphatic heterocycles. The monoisotopic (exact) mass is 237 g/mol. The first-order valence-electron chi connectivity index (χ1n) is 4.56. The quantitative estimate of drug-likeness (QED) is 0.230. The van der Waals surface area contributed by atoms with Crippen LogP contribution in [0.2, 0.25) is 0 Å². The minimum atomic E-state index is -1.46. The van der Waals surface area contributed by atoms with Crippen LogP contribution in [-0.2, 0) is 0 Å². The lowest BCUT2D eigenvalue weighted by atomic mass is 9.77. The highest BCUT2D eigenvalue weighted by atomic mass is 32.1. The second-order valence-electron chi connectivity index (χ2n) is 3.22. The number of hydrogen-bond acceptors (Lipinski definition) is 4. The maximum absolute atomic E-state index is 9.02. The SMILES string of the molecule is Cc1cc(C=NNC(N)=S)ccc1B(O)O. The number of hydrazone groups is 1. The molecule has 0 fully saturated rings. The third-order valence-corrected chi connectivity index (χ3v) is 2.05. The van der Waals surface area contributed by atoms with Crippen LogP contribution in [0.5, 0.6) is 0 Å². The average Bonchev–Trinajstić information content (AvgIpc) is 2.16. The summed E-state index contributed by atoms with van der Waals surface area (Å²) >= 11 is 4.58. The summed E-state index contributed by atoms with van der Waals surface area (Å²) in [5.41, 5.74) is 9.68. The summed E-state index contributed by atoms with van der Waals surface area (Å²) in [6, 6.07) is 5.12. The molecule has 0 saturated heterocycles. The Morgan fingerprint density at radius 2 is 2.25 bits per heavy atom. The minimum absolute atomic E-state index is 0.0929. The molecule has 0 spiro atoms. The third kappa shape index (κ3) is 3.61. The molecule has 0 amide bonds. The Kier molecular flexibility index (Phi) is 4.42. The number of aryl methyl sites for hydroxylation is 1. The van der Waals surface area contributed by atoms with Crippen molar-refractivity contribution < 1.29 is 10.0 Å². The largest absolute Gasteiger partial charge is 0.488 e. The van der Waals surface area contributed by atoms with Gasteiger partial charge in [-0.25, -0.2) is 0 Å². The summed E-state index contributed by atoms with van der Waals surface area (Å²) in [4.78, 5) is 0. The van der Waals surface area contributed by atoms with Crippen molar-refractivity contribution in [2.75, 3.05) is 0 Å². The highest BCUT2D eigenvalue weighted by Gasteiger charge is 2.13. The van der Waals surface area contributed by atoms with Gasteiger partial charge in [-0.05, 0) is 30.2 Å². The van der Waals surface area contributed by atoms with Crippen LogP contribution in [-0.4, -0.2) is 28.5 Å². The normalized spacial score (nSPS) is 10.4. The molecule has 0 radical (unpaired) electrons. The molecule has 1 aromatic rings. The average molecular weight is 237 g/mol. The zero-order valence-corrected chi connectivity index (χ0v) is 9.53. The van der Waals surface area contributed by atoms with Crippen molar-refractivity contribution in [2.45, 2.75) is 6.92 Å². The summed E-state index contributed by atoms with van der Waals surface area (Å²) in [6.07, 6.45) is 1.54. The third-order valence-electron chi connectivity index (χ3n) is 1.96. The maximum Gasteiger partial charge on any atom is 0.488 e. The summed E-state index contributed by atoms with van der Waals surface area (Å²) in [7, 11) is -1.46. The van der Waals surface area contributed by atoms with Crippen molar-refractivity contribution >= 4 is 36.1 Å². The number of nitrogens with two attached hydrogens (primary N) is 1. The summed E-state index contributed by atoms with van der Waals surface area (Å²) in [6.45, 7) is 1.78. The van der Waals surface area contributed by atoms with E-state index in [2.05, 4.69) is 22.7 Å². The van der Waals surface area contributed by atoms with Crippen LogP contribution in [0.15, 0.2) is 23.3 Å². The molecule has 0 heterocycles. The number of rotatable bonds is 3. The van der Waals surface area contributed by atoms with Gasteiger partial charge in [0.1, 0.15) is 0 Å². The first-order chi connectivity index (χ1) is 7.50. The van der Waals surface area contributed by atoms with Crippen LogP contribution in [0.25, 0.3) is 0 Å². The van der Waals surface area contributed by atoms with Gasteiger partial charge in [0.25, 0.3) is 0 Å². The van der Waals surface area contributed by atoms with E-state index >= 15 is 0 Å². The van der Waals surface area contributed by atoms with Gasteiger partial charge in [-0.15, -0.1) is 0 Å². The van der Waals surface area contributed by atoms with Crippen LogP contribution in [0.3, 0.4) is 0 Å². The van der Waals surface area contributed by atoms with Crippen molar-refractivity contribution in [1.82, 2.24) is 5.43 Å². The molecule has 7 heteroatoms. The number of nitrogens with one attached hydrogen (secondary N) is 1. The Hall–Kier alpha value is -1.44. The molecule has 0 unspecified atom stereocenters. The molecule has 5 nitrogen and oxygen atoms in total. The van der Waals surface area contributed by atoms with Crippen molar-refractivity contribution in [3.63, 3.8) is 0 Å². The van der Waals surface area contributed by atoms with E-state index in [0.717, 1.165) is 11.1 Å². The lowest BCUT2D eigenvalue weighted by Gasteiger charge is -2.04. The van der Waals surface area contributed by atoms with Gasteiger partial charge < -0.3 is 15.8 Å². The molecule has 0 saturated carbocycles. The maximum atomic E-state index is 9.02. The molecule has 5 N–H and O–H groups in total. The molecular formula is C9H12BN3O2S. The Labute approximate surface area is 99.1 Å². The van der Waals surface area contributed by atoms with Crippen molar-refractivity contribution in [3.8, 4) is 0 Å². The fourth-order valence-electron chi connectivity index (χ4n) is 1.24. The van der Waals surface area contributed by atoms with Crippen molar-refractivity contribution in [2.24, 2.45) is 10.8 Å². The number of thiocarbonyl (C=S) groups is 1. The van der Waals surface area contributed by atoms with Gasteiger partial charge in [0.2, 0.25) is 0 Å². The van der Waals surface area contributed by atoms with Crippen LogP contribution < -0.4 is 16.6 Å². The standard InChI is InChI=1S/C9H12BN3O2S/c1-6-4-7(5-12-13-9(11)16)2-3-8(6)10(14)15/h2-5,14-15H,1H3,(H3,11,13,16). The number of benzene rings is 1. The Bertz CT molecular complexity index is 423. The fourth-order valence-corrected chi connectivity index (χ4v) is 1.29. The van der Waals surface area contributed by atoms with Crippen LogP contribution in [0.4, 0.5) is 0 Å². The zero-order valence-electron chi connectivity index (χ0n) is 8.71. The van der Waals surface area contributed by atoms with Gasteiger partial charge in [-0.2, -0.15) is 5.10 Å². The van der Waals surface area contributed by atoms with Gasteiger partial charge in [-0.3, -0.25) is 5.43 Å². The first kappa shape index (κ1) is 12.6. The van der Waals surface area contributed by atoms with E-state index in [0.29, 0.717) is 5.46 Å². The predicted octanol–water partition coefficient (Wildman–Crippen LogP) is -1.16. The molecule has 0 aliphatic carbocycles. The summed E-state index contributed by atoms with van der Waals surface area (Å²) in [5, 5.41) is 21.9. The lowest BCUT2D eigenvalue weighted by Crippen LogP contribution is -2.32. The molecule has 0 aromatic heterocycles. The van der Waals surface area contributed by atoms with Crippen LogP contribution in [0.1, 0.15) is 11.1 Å². The van der Waals surface area contributed by atoms with Gasteiger partial charge >= 0.3 is 7.12 Å². The first-order valence-corrected chi connectivity index (χ1v) is 4.96. The number of nitrogens with zero attached hydrogens (tertiary/aromatic N) is 1. The summed E-state index contributed by atoms with van der Waals surface area (Å²) < 4.78 is 0. The Balaban J connectivity index is 2.81. The highest BCUT2D eigenvalue weighted by Crippen LogP contribution is 2.00. The van der Waals surface area contributed by atoms with E-state index in [1.807, 2.05) is 0 Å². The van der Waals surface area contributed by atoms with Crippen molar-refractivity contribution in [3.05, 3.63) is 29.3 Å². The van der Waals surface area contributed by atoms with E-state index in [1.54, 1.807) is 31.3 Å². The molecule has 0 aliphatic rings. The van der Waals surface area contributed by atoms with E-state index in [4.69, 9.17) is 15.8 Å². The van der Waals surface area contributed by atoms with E-state index in [1.165, 1.54) is 0 Å². The van der Waals surface area contributed by atoms with Crippen molar-refractivity contribution in [1.29, 1.82) is 0 Å². The lowest BCUT2D eigenvalue weighted by molar-refractivity contribution is 0.425. The topological polar surface area (TPSA) is 90.9 Å². The smallest absolute Gasteiger partial charge is 0.423 e. The Morgan fingerprint density at radius 3 is 2.75 bits per heavy atom. The fraction of sp³-hybridized carbons (Fsp3) is 0.111. The molecule has 1 aromatic carbocycles. The second-order valence-corrected chi connectivity index (χ2v) is 3.66. The van der Waals surface area contributed by atoms with Gasteiger partial charge in [0.05, 0.1) is 6.21 Å². The molecule has 0 atom stereocenters. The van der Waals surface area contributed by atoms with E-state index in [-0.39, 0.29) is 5.11 Å². The minimum Gasteiger partial charge on any atom is -0.423 e. The van der Waals surface area contributed by atoms with Gasteiger partial charge in [-0.1, -0.05) is 23.8 Å². The molecule has 16 heavy (non-hydrogen) atoms. The summed E-state index contributed by atoms with van der Waals surface area (Å²) in [5.74, 6) is 0. The van der Waals surface area contributed by atoms with E-state index in [9.17, 15) is 0 Å². The van der Waals surface area contributed by atoms with Crippen LogP contribution in [0, 0.1) is 6.92 Å². The van der Waals surface area contributed by atoms with E-state index < -0.39 is 7.12 Å². The molecule has 84 valence electrons. The zero-order chi connectivity index (χ0) is 12.1. The molecular weight excluding hydrogens is 225 g/mol. The predicted molar refractivity (Wildman–Crippen MR) is 68.5 cm³/mol. The number of hydrogen-bond donors (Lipinski definition) is 4. The van der Waals surface area contributed by atoms with Gasteiger partial charge in [0, 0.05) is 0 Å². The van der Waals surface area contributed by atoms with Crippen LogP contribution >= 0.6 is 12.2 Å². The Morgan fingerprint density at radius 1 is 1.56 bits per heavy atom. The van der Waals surface area contributed by atoms with Gasteiger partial charge in [0.15, 0.2) is 5.11 Å². The highest BCUT2D eigenvalue weighted by molar-refractivity contribution is 7.80. The molecule has 1 rings (SSSR count). The molecule has 0 bridgehead atoms. The second kappa shape index (κ2) is 5.59.